The van der Waals surface area contributed by atoms with Crippen LogP contribution in [0.3, 0.4) is 0 Å². The summed E-state index contributed by atoms with van der Waals surface area (Å²) in [7, 11) is 1.65. The Morgan fingerprint density at radius 3 is 2.20 bits per heavy atom. The molecule has 0 aliphatic carbocycles. The molecule has 3 rings (SSSR count). The molecule has 3 aromatic rings. The predicted octanol–water partition coefficient (Wildman–Crippen LogP) is 3.94. The summed E-state index contributed by atoms with van der Waals surface area (Å²) < 4.78 is 17.1. The van der Waals surface area contributed by atoms with Gasteiger partial charge in [0.2, 0.25) is 0 Å². The Labute approximate surface area is 176 Å². The first-order chi connectivity index (χ1) is 14.8. The lowest BCUT2D eigenvalue weighted by atomic mass is 10.2. The van der Waals surface area contributed by atoms with Gasteiger partial charge in [-0.15, -0.1) is 0 Å². The fourth-order valence-corrected chi connectivity index (χ4v) is 2.57. The molecule has 0 spiro atoms. The molecule has 7 nitrogen and oxygen atoms in total. The number of para-hydroxylation sites is 1. The Morgan fingerprint density at radius 1 is 0.867 bits per heavy atom. The van der Waals surface area contributed by atoms with E-state index in [2.05, 4.69) is 15.7 Å². The van der Waals surface area contributed by atoms with Gasteiger partial charge in [0.25, 0.3) is 0 Å². The van der Waals surface area contributed by atoms with E-state index in [1.807, 2.05) is 78.9 Å². The van der Waals surface area contributed by atoms with Gasteiger partial charge in [-0.25, -0.2) is 5.84 Å². The lowest BCUT2D eigenvalue weighted by Crippen LogP contribution is -2.34. The summed E-state index contributed by atoms with van der Waals surface area (Å²) in [6, 6.07) is 25.1. The summed E-state index contributed by atoms with van der Waals surface area (Å²) in [4.78, 5) is 3.96. The van der Waals surface area contributed by atoms with Gasteiger partial charge in [0.05, 0.1) is 6.61 Å². The minimum atomic E-state index is 0.294. The molecule has 0 atom stereocenters. The maximum absolute atomic E-state index is 5.78. The van der Waals surface area contributed by atoms with Crippen molar-refractivity contribution in [1.29, 1.82) is 0 Å². The number of aliphatic imine (C=N–C) groups is 1. The monoisotopic (exact) mass is 406 g/mol. The largest absolute Gasteiger partial charge is 0.486 e. The van der Waals surface area contributed by atoms with Crippen LogP contribution in [0.25, 0.3) is 0 Å². The minimum absolute atomic E-state index is 0.294. The van der Waals surface area contributed by atoms with Crippen molar-refractivity contribution in [3.63, 3.8) is 0 Å². The Kier molecular flexibility index (Phi) is 8.08. The Hall–Kier alpha value is -3.55. The molecule has 3 aromatic carbocycles. The number of nitrogens with one attached hydrogen (secondary N) is 2. The van der Waals surface area contributed by atoms with Crippen LogP contribution in [0.15, 0.2) is 83.9 Å². The van der Waals surface area contributed by atoms with Gasteiger partial charge in [-0.3, -0.25) is 4.99 Å². The molecule has 0 heterocycles. The summed E-state index contributed by atoms with van der Waals surface area (Å²) in [5, 5.41) is 3.23. The van der Waals surface area contributed by atoms with Crippen molar-refractivity contribution in [3.8, 4) is 17.2 Å². The van der Waals surface area contributed by atoms with Gasteiger partial charge in [-0.05, 0) is 54.1 Å². The van der Waals surface area contributed by atoms with E-state index in [9.17, 15) is 0 Å². The van der Waals surface area contributed by atoms with Gasteiger partial charge >= 0.3 is 0 Å². The number of rotatable bonds is 10. The second-order valence-electron chi connectivity index (χ2n) is 6.36. The summed E-state index contributed by atoms with van der Waals surface area (Å²) in [6.45, 7) is 1.19. The Bertz CT molecular complexity index is 913. The smallest absolute Gasteiger partial charge is 0.149 e. The van der Waals surface area contributed by atoms with Crippen molar-refractivity contribution >= 4 is 11.5 Å². The van der Waals surface area contributed by atoms with Crippen LogP contribution in [0.5, 0.6) is 17.2 Å². The first-order valence-electron chi connectivity index (χ1n) is 9.55. The molecule has 156 valence electrons. The topological polar surface area (TPSA) is 90.1 Å². The van der Waals surface area contributed by atoms with Gasteiger partial charge in [0.1, 0.15) is 36.4 Å². The highest BCUT2D eigenvalue weighted by Crippen LogP contribution is 2.22. The van der Waals surface area contributed by atoms with Gasteiger partial charge in [0, 0.05) is 12.7 Å². The molecule has 4 N–H and O–H groups in total. The van der Waals surface area contributed by atoms with Crippen LogP contribution in [0.1, 0.15) is 5.56 Å². The van der Waals surface area contributed by atoms with Crippen molar-refractivity contribution in [2.24, 2.45) is 10.8 Å². The van der Waals surface area contributed by atoms with E-state index in [0.717, 1.165) is 28.5 Å². The van der Waals surface area contributed by atoms with E-state index < -0.39 is 0 Å². The standard InChI is InChI=1S/C23H26N4O3/c1-25-23(27-24)16-29-20-11-7-18(8-12-20)15-28-17-26-19-9-13-22(14-10-19)30-21-5-3-2-4-6-21/h2-14,26H,15-17,24H2,1H3,(H,25,27). The average molecular weight is 406 g/mol. The average Bonchev–Trinajstić information content (AvgIpc) is 2.80. The van der Waals surface area contributed by atoms with E-state index in [-0.39, 0.29) is 0 Å². The molecule has 0 saturated heterocycles. The van der Waals surface area contributed by atoms with Crippen molar-refractivity contribution < 1.29 is 14.2 Å². The second-order valence-corrected chi connectivity index (χ2v) is 6.36. The highest BCUT2D eigenvalue weighted by atomic mass is 16.5. The molecule has 0 amide bonds. The third-order valence-corrected chi connectivity index (χ3v) is 4.22. The maximum Gasteiger partial charge on any atom is 0.149 e. The SMILES string of the molecule is CN=C(COc1ccc(COCNc2ccc(Oc3ccccc3)cc2)cc1)NN. The molecule has 0 unspecified atom stereocenters. The van der Waals surface area contributed by atoms with Gasteiger partial charge in [0.15, 0.2) is 0 Å². The number of hydrazine groups is 1. The second kappa shape index (κ2) is 11.5. The molecule has 0 aliphatic heterocycles. The highest BCUT2D eigenvalue weighted by molar-refractivity contribution is 5.82. The molecule has 7 heteroatoms. The number of nitrogens with zero attached hydrogens (tertiary/aromatic N) is 1. The van der Waals surface area contributed by atoms with Gasteiger partial charge in [-0.1, -0.05) is 30.3 Å². The van der Waals surface area contributed by atoms with Crippen LogP contribution in [-0.2, 0) is 11.3 Å². The van der Waals surface area contributed by atoms with Crippen LogP contribution in [-0.4, -0.2) is 26.2 Å². The lowest BCUT2D eigenvalue weighted by molar-refractivity contribution is 0.138. The number of ether oxygens (including phenoxy) is 3. The number of nitrogens with two attached hydrogens (primary N) is 1. The summed E-state index contributed by atoms with van der Waals surface area (Å²) in [5.41, 5.74) is 4.50. The molecule has 0 aliphatic rings. The van der Waals surface area contributed by atoms with E-state index in [1.165, 1.54) is 0 Å². The predicted molar refractivity (Wildman–Crippen MR) is 119 cm³/mol. The van der Waals surface area contributed by atoms with Crippen LogP contribution >= 0.6 is 0 Å². The van der Waals surface area contributed by atoms with E-state index in [1.54, 1.807) is 7.05 Å². The van der Waals surface area contributed by atoms with Crippen molar-refractivity contribution in [2.45, 2.75) is 6.61 Å². The van der Waals surface area contributed by atoms with E-state index in [4.69, 9.17) is 20.1 Å². The summed E-state index contributed by atoms with van der Waals surface area (Å²) in [5.74, 6) is 8.25. The summed E-state index contributed by atoms with van der Waals surface area (Å²) in [6.07, 6.45) is 0. The Morgan fingerprint density at radius 2 is 1.53 bits per heavy atom. The quantitative estimate of drug-likeness (QED) is 0.118. The number of benzene rings is 3. The van der Waals surface area contributed by atoms with Crippen LogP contribution < -0.4 is 26.1 Å². The normalized spacial score (nSPS) is 11.1. The number of hydrogen-bond donors (Lipinski definition) is 3. The van der Waals surface area contributed by atoms with Crippen LogP contribution in [0, 0.1) is 0 Å². The minimum Gasteiger partial charge on any atom is -0.486 e. The highest BCUT2D eigenvalue weighted by Gasteiger charge is 2.00. The molecule has 30 heavy (non-hydrogen) atoms. The molecule has 0 radical (unpaired) electrons. The van der Waals surface area contributed by atoms with Crippen LogP contribution in [0.4, 0.5) is 5.69 Å². The molecule has 0 saturated carbocycles. The first-order valence-corrected chi connectivity index (χ1v) is 9.55. The molecule has 0 fully saturated rings. The third kappa shape index (κ3) is 6.80. The van der Waals surface area contributed by atoms with Gasteiger partial charge in [-0.2, -0.15) is 0 Å². The Balaban J connectivity index is 1.37. The van der Waals surface area contributed by atoms with Crippen molar-refractivity contribution in [2.75, 3.05) is 25.7 Å². The van der Waals surface area contributed by atoms with E-state index >= 15 is 0 Å². The summed E-state index contributed by atoms with van der Waals surface area (Å²) >= 11 is 0. The molecular formula is C23H26N4O3. The maximum atomic E-state index is 5.78. The van der Waals surface area contributed by atoms with Crippen molar-refractivity contribution in [1.82, 2.24) is 5.43 Å². The fraction of sp³-hybridized carbons (Fsp3) is 0.174. The number of hydrogen-bond acceptors (Lipinski definition) is 6. The zero-order chi connectivity index (χ0) is 21.0. The molecular weight excluding hydrogens is 380 g/mol. The zero-order valence-corrected chi connectivity index (χ0v) is 16.9. The molecule has 0 aromatic heterocycles. The molecule has 0 bridgehead atoms. The van der Waals surface area contributed by atoms with Crippen LogP contribution in [0.2, 0.25) is 0 Å². The lowest BCUT2D eigenvalue weighted by Gasteiger charge is -2.10. The van der Waals surface area contributed by atoms with Crippen molar-refractivity contribution in [3.05, 3.63) is 84.4 Å². The van der Waals surface area contributed by atoms with E-state index in [0.29, 0.717) is 25.8 Å². The zero-order valence-electron chi connectivity index (χ0n) is 16.9. The number of anilines is 1. The fourth-order valence-electron chi connectivity index (χ4n) is 2.57. The first kappa shape index (κ1) is 21.2. The number of amidine groups is 1. The van der Waals surface area contributed by atoms with Gasteiger partial charge < -0.3 is 25.0 Å². The third-order valence-electron chi connectivity index (χ3n) is 4.22.